The number of hydrogen-bond acceptors (Lipinski definition) is 7. The Balaban J connectivity index is 1.94. The Morgan fingerprint density at radius 2 is 2.00 bits per heavy atom. The number of nitriles is 2. The number of carbonyl (C=O) groups is 1. The number of thiophene rings is 1. The van der Waals surface area contributed by atoms with E-state index in [4.69, 9.17) is 0 Å². The van der Waals surface area contributed by atoms with Gasteiger partial charge in [-0.05, 0) is 19.4 Å². The van der Waals surface area contributed by atoms with E-state index in [1.165, 1.54) is 23.1 Å². The van der Waals surface area contributed by atoms with Gasteiger partial charge in [0.05, 0.1) is 33.9 Å². The maximum atomic E-state index is 12.4. The number of aryl methyl sites for hydroxylation is 2. The van der Waals surface area contributed by atoms with Crippen LogP contribution in [0.25, 0.3) is 10.2 Å². The first kappa shape index (κ1) is 19.2. The fraction of sp³-hybridized carbons (Fsp3) is 0.389. The lowest BCUT2D eigenvalue weighted by molar-refractivity contribution is -0.125. The van der Waals surface area contributed by atoms with Crippen molar-refractivity contribution < 1.29 is 4.79 Å². The van der Waals surface area contributed by atoms with Gasteiger partial charge in [0.15, 0.2) is 0 Å². The highest BCUT2D eigenvalue weighted by atomic mass is 32.2. The number of H-pyrrole nitrogens is 1. The molecular formula is C18H17N5O2S2. The van der Waals surface area contributed by atoms with Gasteiger partial charge >= 0.3 is 0 Å². The van der Waals surface area contributed by atoms with Crippen LogP contribution < -0.4 is 10.9 Å². The highest BCUT2D eigenvalue weighted by Gasteiger charge is 2.44. The zero-order valence-corrected chi connectivity index (χ0v) is 16.9. The molecule has 1 aliphatic rings. The average Bonchev–Trinajstić information content (AvgIpc) is 2.87. The third-order valence-electron chi connectivity index (χ3n) is 4.77. The van der Waals surface area contributed by atoms with Crippen molar-refractivity contribution in [3.05, 3.63) is 37.2 Å². The largest absolute Gasteiger partial charge is 0.319 e. The van der Waals surface area contributed by atoms with Crippen molar-refractivity contribution in [1.82, 2.24) is 15.3 Å². The smallest absolute Gasteiger partial charge is 0.259 e. The second-order valence-corrected chi connectivity index (χ2v) is 9.04. The summed E-state index contributed by atoms with van der Waals surface area (Å²) in [6.45, 7) is 7.27. The summed E-state index contributed by atoms with van der Waals surface area (Å²) in [5, 5.41) is 22.5. The molecule has 0 radical (unpaired) electrons. The van der Waals surface area contributed by atoms with Crippen LogP contribution in [-0.4, -0.2) is 15.9 Å². The maximum Gasteiger partial charge on any atom is 0.259 e. The number of aromatic nitrogens is 2. The molecule has 0 saturated carbocycles. The summed E-state index contributed by atoms with van der Waals surface area (Å²) >= 11 is 2.68. The minimum Gasteiger partial charge on any atom is -0.319 e. The Labute approximate surface area is 164 Å². The molecule has 1 amide bonds. The molecule has 2 N–H and O–H groups in total. The molecule has 9 heteroatoms. The first-order valence-corrected chi connectivity index (χ1v) is 9.98. The minimum atomic E-state index is -0.928. The van der Waals surface area contributed by atoms with E-state index in [1.54, 1.807) is 13.8 Å². The Kier molecular flexibility index (Phi) is 4.85. The van der Waals surface area contributed by atoms with Crippen LogP contribution in [0.1, 0.15) is 30.1 Å². The molecule has 1 atom stereocenters. The van der Waals surface area contributed by atoms with E-state index in [0.29, 0.717) is 26.6 Å². The number of rotatable bonds is 3. The number of allylic oxidation sites excluding steroid dienone is 1. The molecule has 0 bridgehead atoms. The molecule has 2 aromatic rings. The van der Waals surface area contributed by atoms with Crippen molar-refractivity contribution in [3.63, 3.8) is 0 Å². The lowest BCUT2D eigenvalue weighted by atomic mass is 9.72. The van der Waals surface area contributed by atoms with Crippen molar-refractivity contribution in [2.24, 2.45) is 11.3 Å². The van der Waals surface area contributed by atoms with Gasteiger partial charge in [0.25, 0.3) is 5.56 Å². The Hall–Kier alpha value is -2.62. The van der Waals surface area contributed by atoms with Crippen LogP contribution in [0.2, 0.25) is 0 Å². The third kappa shape index (κ3) is 3.14. The minimum absolute atomic E-state index is 0.190. The molecule has 0 spiro atoms. The SMILES string of the molecule is Cc1sc2nc(CSC3=C(C#N)C(C)(C)[C@H](C#N)C(=O)N3)[nH]c(=O)c2c1C. The molecule has 27 heavy (non-hydrogen) atoms. The van der Waals surface area contributed by atoms with Crippen molar-refractivity contribution >= 4 is 39.2 Å². The van der Waals surface area contributed by atoms with Crippen molar-refractivity contribution in [2.45, 2.75) is 33.4 Å². The first-order chi connectivity index (χ1) is 12.7. The number of hydrogen-bond donors (Lipinski definition) is 2. The molecule has 138 valence electrons. The highest BCUT2D eigenvalue weighted by molar-refractivity contribution is 8.02. The molecule has 0 unspecified atom stereocenters. The molecule has 0 aliphatic carbocycles. The molecule has 0 fully saturated rings. The Morgan fingerprint density at radius 1 is 1.30 bits per heavy atom. The van der Waals surface area contributed by atoms with Gasteiger partial charge in [-0.2, -0.15) is 10.5 Å². The van der Waals surface area contributed by atoms with Gasteiger partial charge in [0.2, 0.25) is 5.91 Å². The van der Waals surface area contributed by atoms with E-state index < -0.39 is 17.2 Å². The second kappa shape index (κ2) is 6.84. The Morgan fingerprint density at radius 3 is 2.63 bits per heavy atom. The number of nitrogens with zero attached hydrogens (tertiary/aromatic N) is 3. The maximum absolute atomic E-state index is 12.4. The van der Waals surface area contributed by atoms with Crippen LogP contribution in [0.15, 0.2) is 15.4 Å². The number of aromatic amines is 1. The standard InChI is InChI=1S/C18H17N5O2S2/c1-8-9(2)27-17-13(8)15(25)21-12(22-17)7-26-16-11(6-20)18(3,4)10(5-19)14(24)23-16/h10H,7H2,1-4H3,(H,23,24)(H,21,22,25)/t10-/m1/s1. The highest BCUT2D eigenvalue weighted by Crippen LogP contribution is 2.42. The van der Waals surface area contributed by atoms with E-state index in [-0.39, 0.29) is 11.3 Å². The summed E-state index contributed by atoms with van der Waals surface area (Å²) in [7, 11) is 0. The van der Waals surface area contributed by atoms with Gasteiger partial charge in [-0.15, -0.1) is 11.3 Å². The van der Waals surface area contributed by atoms with Crippen molar-refractivity contribution in [2.75, 3.05) is 0 Å². The summed E-state index contributed by atoms with van der Waals surface area (Å²) in [5.74, 6) is -0.596. The number of fused-ring (bicyclic) bond motifs is 1. The quantitative estimate of drug-likeness (QED) is 0.818. The summed E-state index contributed by atoms with van der Waals surface area (Å²) in [5.41, 5.74) is 0.205. The van der Waals surface area contributed by atoms with Gasteiger partial charge in [-0.1, -0.05) is 25.6 Å². The molecule has 3 rings (SSSR count). The fourth-order valence-electron chi connectivity index (χ4n) is 3.04. The van der Waals surface area contributed by atoms with Crippen LogP contribution >= 0.6 is 23.1 Å². The lowest BCUT2D eigenvalue weighted by Crippen LogP contribution is -2.44. The van der Waals surface area contributed by atoms with Crippen molar-refractivity contribution in [1.29, 1.82) is 10.5 Å². The van der Waals surface area contributed by atoms with Gasteiger partial charge < -0.3 is 10.3 Å². The van der Waals surface area contributed by atoms with Crippen molar-refractivity contribution in [3.8, 4) is 12.1 Å². The van der Waals surface area contributed by atoms with Crippen LogP contribution in [0.4, 0.5) is 0 Å². The number of thioether (sulfide) groups is 1. The molecule has 3 heterocycles. The normalized spacial score (nSPS) is 18.9. The molecule has 0 aromatic carbocycles. The predicted molar refractivity (Wildman–Crippen MR) is 105 cm³/mol. The molecule has 0 saturated heterocycles. The molecule has 1 aliphatic heterocycles. The van der Waals surface area contributed by atoms with Gasteiger partial charge in [0, 0.05) is 10.3 Å². The second-order valence-electron chi connectivity index (χ2n) is 6.85. The zero-order chi connectivity index (χ0) is 19.9. The van der Waals surface area contributed by atoms with E-state index in [9.17, 15) is 20.1 Å². The zero-order valence-electron chi connectivity index (χ0n) is 15.3. The lowest BCUT2D eigenvalue weighted by Gasteiger charge is -2.34. The summed E-state index contributed by atoms with van der Waals surface area (Å²) in [6.07, 6.45) is 0. The van der Waals surface area contributed by atoms with Gasteiger partial charge in [0.1, 0.15) is 16.6 Å². The third-order valence-corrected chi connectivity index (χ3v) is 6.89. The van der Waals surface area contributed by atoms with E-state index in [2.05, 4.69) is 21.4 Å². The average molecular weight is 400 g/mol. The number of carbonyl (C=O) groups excluding carboxylic acids is 1. The topological polar surface area (TPSA) is 122 Å². The Bertz CT molecular complexity index is 1130. The number of nitrogens with one attached hydrogen (secondary N) is 2. The van der Waals surface area contributed by atoms with Crippen LogP contribution in [0, 0.1) is 47.8 Å². The van der Waals surface area contributed by atoms with E-state index in [0.717, 1.165) is 10.4 Å². The first-order valence-electron chi connectivity index (χ1n) is 8.17. The summed E-state index contributed by atoms with van der Waals surface area (Å²) in [4.78, 5) is 33.6. The molecular weight excluding hydrogens is 382 g/mol. The predicted octanol–water partition coefficient (Wildman–Crippen LogP) is 2.87. The van der Waals surface area contributed by atoms with E-state index >= 15 is 0 Å². The van der Waals surface area contributed by atoms with E-state index in [1.807, 2.05) is 19.9 Å². The fourth-order valence-corrected chi connectivity index (χ4v) is 5.13. The van der Waals surface area contributed by atoms with Crippen LogP contribution in [0.5, 0.6) is 0 Å². The molecule has 2 aromatic heterocycles. The molecule has 7 nitrogen and oxygen atoms in total. The summed E-state index contributed by atoms with van der Waals surface area (Å²) < 4.78 is 0. The monoisotopic (exact) mass is 399 g/mol. The summed E-state index contributed by atoms with van der Waals surface area (Å²) in [6, 6.07) is 4.09. The van der Waals surface area contributed by atoms with Gasteiger partial charge in [-0.25, -0.2) is 4.98 Å². The van der Waals surface area contributed by atoms with Crippen LogP contribution in [-0.2, 0) is 10.5 Å². The van der Waals surface area contributed by atoms with Gasteiger partial charge in [-0.3, -0.25) is 9.59 Å². The number of amides is 1. The van der Waals surface area contributed by atoms with Crippen LogP contribution in [0.3, 0.4) is 0 Å².